The Morgan fingerprint density at radius 3 is 2.48 bits per heavy atom. The largest absolute Gasteiger partial charge is 0.357 e. The maximum atomic E-state index is 13.4. The number of likely N-dealkylation sites (N-methyl/N-ethyl adjacent to an activating group) is 1. The summed E-state index contributed by atoms with van der Waals surface area (Å²) in [6, 6.07) is -0.946. The van der Waals surface area contributed by atoms with Gasteiger partial charge in [0.25, 0.3) is 0 Å². The zero-order chi connectivity index (χ0) is 23.7. The molecule has 1 amide bonds. The van der Waals surface area contributed by atoms with Gasteiger partial charge in [-0.25, -0.2) is 5.43 Å². The smallest absolute Gasteiger partial charge is 0.342 e. The van der Waals surface area contributed by atoms with Crippen LogP contribution in [-0.2, 0) is 14.2 Å². The molecule has 0 aromatic carbocycles. The van der Waals surface area contributed by atoms with Gasteiger partial charge < -0.3 is 20.8 Å². The Kier molecular flexibility index (Phi) is 11.3. The summed E-state index contributed by atoms with van der Waals surface area (Å²) in [6.45, 7) is 7.62. The topological polar surface area (TPSA) is 169 Å². The molecule has 0 aromatic heterocycles. The number of amides is 1. The summed E-state index contributed by atoms with van der Waals surface area (Å²) in [6.07, 6.45) is 3.52. The molecule has 1 heterocycles. The summed E-state index contributed by atoms with van der Waals surface area (Å²) in [5, 5.41) is 7.15. The van der Waals surface area contributed by atoms with E-state index in [2.05, 4.69) is 21.1 Å². The van der Waals surface area contributed by atoms with E-state index >= 15 is 0 Å². The van der Waals surface area contributed by atoms with E-state index in [4.69, 9.17) is 5.73 Å². The van der Waals surface area contributed by atoms with Crippen LogP contribution >= 0.6 is 7.60 Å². The van der Waals surface area contributed by atoms with Gasteiger partial charge in [-0.1, -0.05) is 20.8 Å². The minimum Gasteiger partial charge on any atom is -0.357 e. The van der Waals surface area contributed by atoms with Gasteiger partial charge in [0.05, 0.1) is 25.5 Å². The van der Waals surface area contributed by atoms with E-state index in [9.17, 15) is 23.9 Å². The normalized spacial score (nSPS) is 18.1. The molecule has 0 spiro atoms. The number of hydrazine groups is 1. The molecule has 3 atom stereocenters. The molecule has 0 bridgehead atoms. The van der Waals surface area contributed by atoms with Crippen LogP contribution in [-0.4, -0.2) is 76.9 Å². The van der Waals surface area contributed by atoms with Crippen molar-refractivity contribution in [2.24, 2.45) is 16.6 Å². The molecule has 12 heteroatoms. The maximum absolute atomic E-state index is 13.4. The minimum absolute atomic E-state index is 0.0518. The number of rotatable bonds is 15. The standard InChI is InChI=1S/C19H39N6O5P/c1-5-16(31(28,29)30)24-15(12-14(2)3)17(26)19(20,18(27)21-4)8-6-7-9-23-25-11-10-22-13-25/h13-16,23-24H,5-12,20H2,1-4H3,(H,21,27)(H2,28,29,30)/t15-,16+,19-/m0/s1. The Morgan fingerprint density at radius 2 is 2.00 bits per heavy atom. The van der Waals surface area contributed by atoms with E-state index in [1.807, 2.05) is 18.9 Å². The van der Waals surface area contributed by atoms with Gasteiger partial charge in [0.1, 0.15) is 5.78 Å². The van der Waals surface area contributed by atoms with Crippen LogP contribution in [0.5, 0.6) is 0 Å². The third-order valence-corrected chi connectivity index (χ3v) is 6.61. The van der Waals surface area contributed by atoms with Gasteiger partial charge in [0.15, 0.2) is 11.3 Å². The number of nitrogens with two attached hydrogens (primary N) is 1. The lowest BCUT2D eigenvalue weighted by Gasteiger charge is -2.33. The summed E-state index contributed by atoms with van der Waals surface area (Å²) in [5.74, 6) is -2.28. The van der Waals surface area contributed by atoms with E-state index < -0.39 is 36.6 Å². The van der Waals surface area contributed by atoms with Crippen molar-refractivity contribution in [3.8, 4) is 0 Å². The van der Waals surface area contributed by atoms with E-state index in [-0.39, 0.29) is 18.8 Å². The molecular formula is C19H39N6O5P. The Bertz CT molecular complexity index is 670. The van der Waals surface area contributed by atoms with E-state index in [0.29, 0.717) is 25.8 Å². The lowest BCUT2D eigenvalue weighted by Crippen LogP contribution is -2.64. The second kappa shape index (κ2) is 12.6. The van der Waals surface area contributed by atoms with Gasteiger partial charge in [0, 0.05) is 13.6 Å². The van der Waals surface area contributed by atoms with Crippen molar-refractivity contribution in [2.45, 2.75) is 70.2 Å². The molecule has 180 valence electrons. The highest BCUT2D eigenvalue weighted by atomic mass is 31.2. The van der Waals surface area contributed by atoms with Gasteiger partial charge in [0.2, 0.25) is 5.91 Å². The first-order chi connectivity index (χ1) is 14.5. The van der Waals surface area contributed by atoms with Gasteiger partial charge in [-0.3, -0.25) is 29.5 Å². The number of hydrogen-bond acceptors (Lipinski definition) is 8. The van der Waals surface area contributed by atoms with Crippen LogP contribution in [0.1, 0.15) is 52.9 Å². The monoisotopic (exact) mass is 462 g/mol. The fourth-order valence-electron chi connectivity index (χ4n) is 3.54. The number of aliphatic imine (C=N–C) groups is 1. The zero-order valence-electron chi connectivity index (χ0n) is 19.0. The number of nitrogens with zero attached hydrogens (tertiary/aromatic N) is 2. The predicted octanol–water partition coefficient (Wildman–Crippen LogP) is -0.0641. The second-order valence-corrected chi connectivity index (χ2v) is 10.2. The molecule has 31 heavy (non-hydrogen) atoms. The average Bonchev–Trinajstić information content (AvgIpc) is 3.21. The van der Waals surface area contributed by atoms with Crippen molar-refractivity contribution >= 4 is 25.6 Å². The minimum atomic E-state index is -4.46. The maximum Gasteiger partial charge on any atom is 0.342 e. The summed E-state index contributed by atoms with van der Waals surface area (Å²) in [7, 11) is -3.05. The van der Waals surface area contributed by atoms with Crippen LogP contribution in [0.3, 0.4) is 0 Å². The lowest BCUT2D eigenvalue weighted by molar-refractivity contribution is -0.137. The molecule has 0 radical (unpaired) electrons. The van der Waals surface area contributed by atoms with Crippen molar-refractivity contribution < 1.29 is 23.9 Å². The Morgan fingerprint density at radius 1 is 1.32 bits per heavy atom. The van der Waals surface area contributed by atoms with E-state index in [1.54, 1.807) is 13.3 Å². The van der Waals surface area contributed by atoms with Crippen molar-refractivity contribution in [3.63, 3.8) is 0 Å². The van der Waals surface area contributed by atoms with Gasteiger partial charge in [-0.2, -0.15) is 0 Å². The number of ketones is 1. The van der Waals surface area contributed by atoms with Gasteiger partial charge in [-0.15, -0.1) is 0 Å². The quantitative estimate of drug-likeness (QED) is 0.111. The molecule has 0 fully saturated rings. The van der Waals surface area contributed by atoms with Crippen molar-refractivity contribution in [1.29, 1.82) is 0 Å². The van der Waals surface area contributed by atoms with Crippen molar-refractivity contribution in [3.05, 3.63) is 0 Å². The first-order valence-corrected chi connectivity index (χ1v) is 12.5. The zero-order valence-corrected chi connectivity index (χ0v) is 19.9. The average molecular weight is 463 g/mol. The SMILES string of the molecule is CC[C@H](N[C@@H](CC(C)C)C(=O)[C@@](N)(CCCCNN1C=NCC1)C(=O)NC)P(=O)(O)O. The molecule has 0 saturated carbocycles. The summed E-state index contributed by atoms with van der Waals surface area (Å²) in [5.41, 5.74) is 7.77. The van der Waals surface area contributed by atoms with E-state index in [1.165, 1.54) is 7.05 Å². The Balaban J connectivity index is 2.88. The fourth-order valence-corrected chi connectivity index (χ4v) is 4.39. The Hall–Kier alpha value is -1.36. The van der Waals surface area contributed by atoms with Gasteiger partial charge in [-0.05, 0) is 38.0 Å². The van der Waals surface area contributed by atoms with Crippen LogP contribution in [0.25, 0.3) is 0 Å². The number of carbonyl (C=O) groups is 2. The van der Waals surface area contributed by atoms with Crippen LogP contribution in [0, 0.1) is 5.92 Å². The lowest BCUT2D eigenvalue weighted by atomic mass is 9.82. The molecule has 0 unspecified atom stereocenters. The highest BCUT2D eigenvalue weighted by Gasteiger charge is 2.45. The van der Waals surface area contributed by atoms with Crippen molar-refractivity contribution in [1.82, 2.24) is 21.1 Å². The first kappa shape index (κ1) is 27.7. The number of carbonyl (C=O) groups excluding carboxylic acids is 2. The van der Waals surface area contributed by atoms with Crippen molar-refractivity contribution in [2.75, 3.05) is 26.7 Å². The molecule has 0 aromatic rings. The molecule has 1 aliphatic heterocycles. The first-order valence-electron chi connectivity index (χ1n) is 10.8. The van der Waals surface area contributed by atoms with Gasteiger partial charge >= 0.3 is 7.60 Å². The highest BCUT2D eigenvalue weighted by molar-refractivity contribution is 7.52. The molecule has 7 N–H and O–H groups in total. The second-order valence-electron chi connectivity index (χ2n) is 8.36. The Labute approximate surface area is 184 Å². The third kappa shape index (κ3) is 8.59. The van der Waals surface area contributed by atoms with Crippen LogP contribution in [0.15, 0.2) is 4.99 Å². The number of hydrogen-bond donors (Lipinski definition) is 6. The van der Waals surface area contributed by atoms with E-state index in [0.717, 1.165) is 13.1 Å². The van der Waals surface area contributed by atoms with Crippen LogP contribution in [0.2, 0.25) is 0 Å². The summed E-state index contributed by atoms with van der Waals surface area (Å²) < 4.78 is 11.8. The summed E-state index contributed by atoms with van der Waals surface area (Å²) >= 11 is 0. The molecular weight excluding hydrogens is 423 g/mol. The molecule has 0 saturated heterocycles. The molecule has 11 nitrogen and oxygen atoms in total. The summed E-state index contributed by atoms with van der Waals surface area (Å²) in [4.78, 5) is 49.3. The number of Topliss-reactive ketones (excluding diaryl/α,β-unsaturated/α-hetero) is 1. The number of unbranched alkanes of at least 4 members (excludes halogenated alkanes) is 1. The van der Waals surface area contributed by atoms with Crippen LogP contribution < -0.4 is 21.8 Å². The predicted molar refractivity (Wildman–Crippen MR) is 120 cm³/mol. The fraction of sp³-hybridized carbons (Fsp3) is 0.842. The number of nitrogens with one attached hydrogen (secondary N) is 3. The highest BCUT2D eigenvalue weighted by Crippen LogP contribution is 2.41. The molecule has 0 aliphatic carbocycles. The molecule has 1 rings (SSSR count). The third-order valence-electron chi connectivity index (χ3n) is 5.29. The van der Waals surface area contributed by atoms with Crippen LogP contribution in [0.4, 0.5) is 0 Å². The molecule has 1 aliphatic rings.